The van der Waals surface area contributed by atoms with Crippen LogP contribution in [0.4, 0.5) is 19.7 Å². The Bertz CT molecular complexity index is 1140. The Morgan fingerprint density at radius 2 is 1.70 bits per heavy atom. The number of halogens is 1. The largest absolute Gasteiger partial charge is 0.497 e. The Balaban J connectivity index is 1.85. The van der Waals surface area contributed by atoms with Crippen LogP contribution in [0.3, 0.4) is 0 Å². The van der Waals surface area contributed by atoms with Gasteiger partial charge in [0.1, 0.15) is 11.6 Å². The molecule has 1 aliphatic heterocycles. The lowest BCUT2D eigenvalue weighted by molar-refractivity contribution is -0.138. The molecule has 0 saturated carbocycles. The van der Waals surface area contributed by atoms with Crippen molar-refractivity contribution in [3.8, 4) is 5.75 Å². The van der Waals surface area contributed by atoms with Gasteiger partial charge in [-0.15, -0.1) is 6.58 Å². The molecule has 2 atom stereocenters. The number of hydrogen-bond acceptors (Lipinski definition) is 5. The first-order valence-corrected chi connectivity index (χ1v) is 11.4. The van der Waals surface area contributed by atoms with Crippen LogP contribution in [0.15, 0.2) is 61.2 Å². The minimum Gasteiger partial charge on any atom is -0.497 e. The molecular formula is C25H28FN5O6. The Morgan fingerprint density at radius 3 is 2.27 bits per heavy atom. The zero-order chi connectivity index (χ0) is 26.9. The lowest BCUT2D eigenvalue weighted by Crippen LogP contribution is -2.56. The molecule has 2 aromatic rings. The summed E-state index contributed by atoms with van der Waals surface area (Å²) in [5.41, 5.74) is 0.793. The number of hydrogen-bond donors (Lipinski definition) is 4. The molecule has 2 unspecified atom stereocenters. The number of aliphatic carboxylic acids is 1. The van der Waals surface area contributed by atoms with E-state index in [1.165, 1.54) is 35.1 Å². The molecule has 2 aromatic carbocycles. The number of carbonyl (C=O) groups excluding carboxylic acids is 3. The second-order valence-corrected chi connectivity index (χ2v) is 8.10. The fraction of sp³-hybridized carbons (Fsp3) is 0.280. The van der Waals surface area contributed by atoms with Gasteiger partial charge in [0.05, 0.1) is 19.6 Å². The number of methoxy groups -OCH3 is 1. The fourth-order valence-corrected chi connectivity index (χ4v) is 3.84. The monoisotopic (exact) mass is 513 g/mol. The zero-order valence-electron chi connectivity index (χ0n) is 20.1. The van der Waals surface area contributed by atoms with Crippen LogP contribution in [-0.2, 0) is 9.59 Å². The number of carboxylic acids is 1. The number of carbonyl (C=O) groups is 4. The number of nitrogens with zero attached hydrogens (tertiary/aromatic N) is 2. The molecule has 0 aromatic heterocycles. The third kappa shape index (κ3) is 6.97. The SMILES string of the molecule is C=CCNC(=O)N1CCN(C(=O)Nc2ccc(OC)cc2)C1C(=O)NC(CC(=O)O)c1ccc(F)cc1. The highest BCUT2D eigenvalue weighted by Gasteiger charge is 2.43. The van der Waals surface area contributed by atoms with E-state index in [1.54, 1.807) is 24.3 Å². The molecule has 11 nitrogen and oxygen atoms in total. The van der Waals surface area contributed by atoms with E-state index < -0.39 is 48.4 Å². The molecule has 12 heteroatoms. The molecular weight excluding hydrogens is 485 g/mol. The number of rotatable bonds is 9. The molecule has 5 amide bonds. The molecule has 0 bridgehead atoms. The topological polar surface area (TPSA) is 140 Å². The molecule has 1 saturated heterocycles. The Labute approximate surface area is 212 Å². The number of urea groups is 2. The second kappa shape index (κ2) is 12.4. The van der Waals surface area contributed by atoms with E-state index in [9.17, 15) is 28.7 Å². The van der Waals surface area contributed by atoms with Crippen molar-refractivity contribution in [3.05, 3.63) is 72.6 Å². The molecule has 37 heavy (non-hydrogen) atoms. The van der Waals surface area contributed by atoms with Gasteiger partial charge in [0.15, 0.2) is 6.17 Å². The van der Waals surface area contributed by atoms with Crippen molar-refractivity contribution in [2.45, 2.75) is 18.6 Å². The summed E-state index contributed by atoms with van der Waals surface area (Å²) in [7, 11) is 1.51. The molecule has 196 valence electrons. The summed E-state index contributed by atoms with van der Waals surface area (Å²) < 4.78 is 18.5. The third-order valence-electron chi connectivity index (χ3n) is 5.64. The summed E-state index contributed by atoms with van der Waals surface area (Å²) in [6.07, 6.45) is -0.404. The van der Waals surface area contributed by atoms with Crippen molar-refractivity contribution in [3.63, 3.8) is 0 Å². The quantitative estimate of drug-likeness (QED) is 0.380. The van der Waals surface area contributed by atoms with Crippen molar-refractivity contribution in [2.75, 3.05) is 32.1 Å². The van der Waals surface area contributed by atoms with Crippen molar-refractivity contribution in [2.24, 2.45) is 0 Å². The maximum absolute atomic E-state index is 13.5. The molecule has 1 heterocycles. The van der Waals surface area contributed by atoms with E-state index >= 15 is 0 Å². The van der Waals surface area contributed by atoms with Crippen LogP contribution in [0.2, 0.25) is 0 Å². The average Bonchev–Trinajstić information content (AvgIpc) is 3.33. The Kier molecular flexibility index (Phi) is 9.03. The van der Waals surface area contributed by atoms with Crippen molar-refractivity contribution < 1.29 is 33.4 Å². The highest BCUT2D eigenvalue weighted by molar-refractivity contribution is 5.96. The molecule has 3 rings (SSSR count). The van der Waals surface area contributed by atoms with Crippen LogP contribution in [0.1, 0.15) is 18.0 Å². The summed E-state index contributed by atoms with van der Waals surface area (Å²) in [5.74, 6) is -1.90. The predicted octanol–water partition coefficient (Wildman–Crippen LogP) is 2.54. The van der Waals surface area contributed by atoms with Gasteiger partial charge in [-0.25, -0.2) is 14.0 Å². The standard InChI is InChI=1S/C25H28FN5O6/c1-3-12-27-24(35)30-13-14-31(25(36)28-18-8-10-19(37-2)11-9-18)23(30)22(34)29-20(15-21(32)33)16-4-6-17(26)7-5-16/h3-11,20,23H,1,12-15H2,2H3,(H,27,35)(H,28,36)(H,29,34)(H,32,33). The van der Waals surface area contributed by atoms with Crippen molar-refractivity contribution in [1.29, 1.82) is 0 Å². The minimum atomic E-state index is -1.38. The number of ether oxygens (including phenoxy) is 1. The van der Waals surface area contributed by atoms with E-state index in [4.69, 9.17) is 4.74 Å². The normalized spacial score (nSPS) is 15.5. The first kappa shape index (κ1) is 27.0. The van der Waals surface area contributed by atoms with Crippen LogP contribution in [0.25, 0.3) is 0 Å². The van der Waals surface area contributed by atoms with Gasteiger partial charge in [-0.1, -0.05) is 18.2 Å². The van der Waals surface area contributed by atoms with Gasteiger partial charge in [-0.3, -0.25) is 19.4 Å². The highest BCUT2D eigenvalue weighted by atomic mass is 19.1. The van der Waals surface area contributed by atoms with Crippen molar-refractivity contribution in [1.82, 2.24) is 20.4 Å². The fourth-order valence-electron chi connectivity index (χ4n) is 3.84. The number of amides is 5. The summed E-state index contributed by atoms with van der Waals surface area (Å²) in [6.45, 7) is 3.78. The number of nitrogens with one attached hydrogen (secondary N) is 3. The van der Waals surface area contributed by atoms with Crippen molar-refractivity contribution >= 4 is 29.6 Å². The van der Waals surface area contributed by atoms with Gasteiger partial charge in [0.25, 0.3) is 5.91 Å². The summed E-state index contributed by atoms with van der Waals surface area (Å²) >= 11 is 0. The number of carboxylic acid groups (broad SMARTS) is 1. The van der Waals surface area contributed by atoms with E-state index in [2.05, 4.69) is 22.5 Å². The van der Waals surface area contributed by atoms with Crippen LogP contribution in [-0.4, -0.2) is 71.8 Å². The summed E-state index contributed by atoms with van der Waals surface area (Å²) in [6, 6.07) is 9.29. The minimum absolute atomic E-state index is 0.0434. The van der Waals surface area contributed by atoms with Gasteiger partial charge >= 0.3 is 18.0 Å². The van der Waals surface area contributed by atoms with E-state index in [0.717, 1.165) is 12.1 Å². The first-order valence-electron chi connectivity index (χ1n) is 11.4. The smallest absolute Gasteiger partial charge is 0.323 e. The van der Waals surface area contributed by atoms with Gasteiger partial charge in [-0.05, 0) is 42.0 Å². The number of benzene rings is 2. The maximum atomic E-state index is 13.5. The van der Waals surface area contributed by atoms with E-state index in [1.807, 2.05) is 0 Å². The van der Waals surface area contributed by atoms with E-state index in [-0.39, 0.29) is 19.6 Å². The van der Waals surface area contributed by atoms with Gasteiger partial charge in [0, 0.05) is 25.3 Å². The Morgan fingerprint density at radius 1 is 1.08 bits per heavy atom. The molecule has 1 fully saturated rings. The van der Waals surface area contributed by atoms with Gasteiger partial charge in [-0.2, -0.15) is 0 Å². The molecule has 0 spiro atoms. The van der Waals surface area contributed by atoms with Crippen LogP contribution < -0.4 is 20.7 Å². The number of anilines is 1. The lowest BCUT2D eigenvalue weighted by atomic mass is 10.0. The Hall–Kier alpha value is -4.61. The highest BCUT2D eigenvalue weighted by Crippen LogP contribution is 2.22. The van der Waals surface area contributed by atoms with Crippen LogP contribution >= 0.6 is 0 Å². The first-order chi connectivity index (χ1) is 17.7. The molecule has 0 aliphatic carbocycles. The predicted molar refractivity (Wildman–Crippen MR) is 132 cm³/mol. The summed E-state index contributed by atoms with van der Waals surface area (Å²) in [4.78, 5) is 53.2. The average molecular weight is 514 g/mol. The maximum Gasteiger partial charge on any atom is 0.323 e. The zero-order valence-corrected chi connectivity index (χ0v) is 20.1. The molecule has 1 aliphatic rings. The lowest BCUT2D eigenvalue weighted by Gasteiger charge is -2.30. The van der Waals surface area contributed by atoms with Crippen LogP contribution in [0, 0.1) is 5.82 Å². The molecule has 0 radical (unpaired) electrons. The second-order valence-electron chi connectivity index (χ2n) is 8.10. The van der Waals surface area contributed by atoms with E-state index in [0.29, 0.717) is 17.0 Å². The van der Waals surface area contributed by atoms with Gasteiger partial charge in [0.2, 0.25) is 0 Å². The van der Waals surface area contributed by atoms with Crippen LogP contribution in [0.5, 0.6) is 5.75 Å². The summed E-state index contributed by atoms with van der Waals surface area (Å²) in [5, 5.41) is 17.2. The van der Waals surface area contributed by atoms with Gasteiger partial charge < -0.3 is 25.8 Å². The third-order valence-corrected chi connectivity index (χ3v) is 5.64. The molecule has 4 N–H and O–H groups in total.